The standard InChI is InChI=1S/C16H22INO2S/c17-13-9-6-12(7-10-13)8-11-14(21)4-2-1-3-5-15(18)16(19)20/h6-7,9-10,15H,1-5,8,11,18H2,(H,19,20)/t15-/m0/s1. The van der Waals surface area contributed by atoms with Gasteiger partial charge in [-0.2, -0.15) is 0 Å². The summed E-state index contributed by atoms with van der Waals surface area (Å²) in [6.07, 6.45) is 6.31. The van der Waals surface area contributed by atoms with Crippen molar-refractivity contribution in [3.05, 3.63) is 33.4 Å². The smallest absolute Gasteiger partial charge is 0.320 e. The molecule has 0 heterocycles. The molecule has 0 amide bonds. The van der Waals surface area contributed by atoms with Crippen LogP contribution in [0.4, 0.5) is 0 Å². The van der Waals surface area contributed by atoms with Crippen LogP contribution in [-0.4, -0.2) is 22.0 Å². The van der Waals surface area contributed by atoms with Crippen molar-refractivity contribution in [2.45, 2.75) is 51.0 Å². The molecule has 0 spiro atoms. The molecule has 0 aliphatic heterocycles. The number of aryl methyl sites for hydroxylation is 1. The molecule has 0 radical (unpaired) electrons. The van der Waals surface area contributed by atoms with E-state index in [1.807, 2.05) is 0 Å². The molecule has 0 fully saturated rings. The van der Waals surface area contributed by atoms with Gasteiger partial charge in [0.2, 0.25) is 0 Å². The van der Waals surface area contributed by atoms with Crippen molar-refractivity contribution in [2.24, 2.45) is 5.73 Å². The maximum atomic E-state index is 10.6. The largest absolute Gasteiger partial charge is 0.480 e. The third-order valence-electron chi connectivity index (χ3n) is 3.39. The summed E-state index contributed by atoms with van der Waals surface area (Å²) >= 11 is 7.70. The third-order valence-corrected chi connectivity index (χ3v) is 4.52. The van der Waals surface area contributed by atoms with Gasteiger partial charge in [0.25, 0.3) is 0 Å². The van der Waals surface area contributed by atoms with Crippen LogP contribution in [0.15, 0.2) is 24.3 Å². The molecule has 116 valence electrons. The fourth-order valence-corrected chi connectivity index (χ4v) is 2.65. The average molecular weight is 419 g/mol. The number of nitrogens with two attached hydrogens (primary N) is 1. The fourth-order valence-electron chi connectivity index (χ4n) is 2.05. The second-order valence-electron chi connectivity index (χ2n) is 5.21. The minimum atomic E-state index is -0.914. The molecule has 1 atom stereocenters. The summed E-state index contributed by atoms with van der Waals surface area (Å²) in [7, 11) is 0. The van der Waals surface area contributed by atoms with Gasteiger partial charge in [-0.05, 0) is 77.3 Å². The molecule has 1 aromatic carbocycles. The van der Waals surface area contributed by atoms with Crippen LogP contribution in [-0.2, 0) is 11.2 Å². The number of hydrogen-bond donors (Lipinski definition) is 2. The van der Waals surface area contributed by atoms with Crippen molar-refractivity contribution >= 4 is 45.6 Å². The first-order chi connectivity index (χ1) is 9.99. The lowest BCUT2D eigenvalue weighted by molar-refractivity contribution is -0.138. The number of carboxylic acid groups (broad SMARTS) is 1. The molecule has 0 unspecified atom stereocenters. The van der Waals surface area contributed by atoms with Gasteiger partial charge < -0.3 is 10.8 Å². The molecule has 3 nitrogen and oxygen atoms in total. The fraction of sp³-hybridized carbons (Fsp3) is 0.500. The first-order valence-corrected chi connectivity index (χ1v) is 8.72. The first-order valence-electron chi connectivity index (χ1n) is 7.23. The third kappa shape index (κ3) is 8.48. The molecule has 21 heavy (non-hydrogen) atoms. The summed E-state index contributed by atoms with van der Waals surface area (Å²) in [6.45, 7) is 0. The van der Waals surface area contributed by atoms with Crippen LogP contribution in [0.2, 0.25) is 0 Å². The highest BCUT2D eigenvalue weighted by Crippen LogP contribution is 2.12. The zero-order valence-electron chi connectivity index (χ0n) is 12.1. The SMILES string of the molecule is N[C@@H](CCCCCC(=S)CCc1ccc(I)cc1)C(=O)O. The van der Waals surface area contributed by atoms with Crippen molar-refractivity contribution in [2.75, 3.05) is 0 Å². The number of unbranched alkanes of at least 4 members (excludes halogenated alkanes) is 2. The molecule has 0 saturated heterocycles. The molecule has 0 saturated carbocycles. The van der Waals surface area contributed by atoms with Crippen LogP contribution < -0.4 is 5.73 Å². The Hall–Kier alpha value is -0.530. The molecule has 1 aromatic rings. The lowest BCUT2D eigenvalue weighted by Gasteiger charge is -2.07. The predicted molar refractivity (Wildman–Crippen MR) is 98.8 cm³/mol. The van der Waals surface area contributed by atoms with E-state index in [2.05, 4.69) is 46.9 Å². The summed E-state index contributed by atoms with van der Waals surface area (Å²) < 4.78 is 1.25. The van der Waals surface area contributed by atoms with Crippen LogP contribution in [0.25, 0.3) is 0 Å². The van der Waals surface area contributed by atoms with E-state index in [0.717, 1.165) is 43.4 Å². The molecular weight excluding hydrogens is 397 g/mol. The van der Waals surface area contributed by atoms with Crippen LogP contribution in [0.1, 0.15) is 44.1 Å². The Kier molecular flexibility index (Phi) is 9.03. The topological polar surface area (TPSA) is 63.3 Å². The normalized spacial score (nSPS) is 12.1. The van der Waals surface area contributed by atoms with Crippen molar-refractivity contribution in [1.29, 1.82) is 0 Å². The number of hydrogen-bond acceptors (Lipinski definition) is 3. The van der Waals surface area contributed by atoms with Gasteiger partial charge in [0.1, 0.15) is 6.04 Å². The van der Waals surface area contributed by atoms with E-state index in [9.17, 15) is 4.79 Å². The van der Waals surface area contributed by atoms with Gasteiger partial charge >= 0.3 is 5.97 Å². The molecule has 0 bridgehead atoms. The lowest BCUT2D eigenvalue weighted by atomic mass is 10.0. The van der Waals surface area contributed by atoms with Gasteiger partial charge in [0.05, 0.1) is 0 Å². The molecule has 0 aromatic heterocycles. The maximum absolute atomic E-state index is 10.6. The van der Waals surface area contributed by atoms with Gasteiger partial charge in [-0.1, -0.05) is 37.2 Å². The molecule has 0 aliphatic rings. The van der Waals surface area contributed by atoms with Gasteiger partial charge in [0.15, 0.2) is 0 Å². The summed E-state index contributed by atoms with van der Waals surface area (Å²) in [5.74, 6) is -0.914. The van der Waals surface area contributed by atoms with Crippen molar-refractivity contribution < 1.29 is 9.90 Å². The van der Waals surface area contributed by atoms with Crippen LogP contribution in [0.5, 0.6) is 0 Å². The van der Waals surface area contributed by atoms with E-state index in [1.54, 1.807) is 0 Å². The van der Waals surface area contributed by atoms with E-state index < -0.39 is 12.0 Å². The number of benzene rings is 1. The number of aliphatic carboxylic acids is 1. The predicted octanol–water partition coefficient (Wildman–Crippen LogP) is 3.96. The van der Waals surface area contributed by atoms with Crippen molar-refractivity contribution in [3.8, 4) is 0 Å². The first kappa shape index (κ1) is 18.5. The zero-order valence-corrected chi connectivity index (χ0v) is 15.0. The summed E-state index contributed by atoms with van der Waals surface area (Å²) in [5, 5.41) is 8.68. The summed E-state index contributed by atoms with van der Waals surface area (Å²) in [5.41, 5.74) is 6.78. The van der Waals surface area contributed by atoms with E-state index >= 15 is 0 Å². The Balaban J connectivity index is 2.09. The second-order valence-corrected chi connectivity index (χ2v) is 7.03. The van der Waals surface area contributed by atoms with Crippen molar-refractivity contribution in [3.63, 3.8) is 0 Å². The number of rotatable bonds is 10. The number of halogens is 1. The van der Waals surface area contributed by atoms with E-state index in [4.69, 9.17) is 23.1 Å². The number of thiocarbonyl (C=S) groups is 1. The summed E-state index contributed by atoms with van der Waals surface area (Å²) in [4.78, 5) is 11.7. The maximum Gasteiger partial charge on any atom is 0.320 e. The van der Waals surface area contributed by atoms with Crippen molar-refractivity contribution in [1.82, 2.24) is 0 Å². The minimum absolute atomic E-state index is 0.546. The highest BCUT2D eigenvalue weighted by atomic mass is 127. The molecule has 5 heteroatoms. The molecule has 1 rings (SSSR count). The Morgan fingerprint density at radius 2 is 1.86 bits per heavy atom. The quantitative estimate of drug-likeness (QED) is 0.343. The van der Waals surface area contributed by atoms with Gasteiger partial charge in [0, 0.05) is 3.57 Å². The molecule has 0 aliphatic carbocycles. The van der Waals surface area contributed by atoms with Crippen LogP contribution >= 0.6 is 34.8 Å². The van der Waals surface area contributed by atoms with Gasteiger partial charge in [-0.3, -0.25) is 4.79 Å². The Morgan fingerprint density at radius 1 is 1.19 bits per heavy atom. The van der Waals surface area contributed by atoms with E-state index in [0.29, 0.717) is 6.42 Å². The van der Waals surface area contributed by atoms with E-state index in [1.165, 1.54) is 9.13 Å². The summed E-state index contributed by atoms with van der Waals surface area (Å²) in [6, 6.07) is 7.81. The van der Waals surface area contributed by atoms with Crippen LogP contribution in [0, 0.1) is 3.57 Å². The number of carboxylic acids is 1. The van der Waals surface area contributed by atoms with Crippen LogP contribution in [0.3, 0.4) is 0 Å². The monoisotopic (exact) mass is 419 g/mol. The Morgan fingerprint density at radius 3 is 2.48 bits per heavy atom. The highest BCUT2D eigenvalue weighted by Gasteiger charge is 2.10. The lowest BCUT2D eigenvalue weighted by Crippen LogP contribution is -2.29. The molecular formula is C16H22INO2S. The Bertz CT molecular complexity index is 462. The second kappa shape index (κ2) is 10.2. The highest BCUT2D eigenvalue weighted by molar-refractivity contribution is 14.1. The van der Waals surface area contributed by atoms with Gasteiger partial charge in [-0.25, -0.2) is 0 Å². The zero-order chi connectivity index (χ0) is 15.7. The Labute approximate surface area is 145 Å². The minimum Gasteiger partial charge on any atom is -0.480 e. The van der Waals surface area contributed by atoms with E-state index in [-0.39, 0.29) is 0 Å². The van der Waals surface area contributed by atoms with Gasteiger partial charge in [-0.15, -0.1) is 0 Å². The number of carbonyl (C=O) groups is 1. The average Bonchev–Trinajstić information content (AvgIpc) is 2.46. The molecule has 3 N–H and O–H groups in total.